The number of aromatic nitrogens is 2. The van der Waals surface area contributed by atoms with E-state index in [1.54, 1.807) is 0 Å². The van der Waals surface area contributed by atoms with Crippen LogP contribution < -0.4 is 5.32 Å². The molecule has 2 heterocycles. The van der Waals surface area contributed by atoms with E-state index in [9.17, 15) is 4.79 Å². The van der Waals surface area contributed by atoms with Crippen molar-refractivity contribution in [3.8, 4) is 0 Å². The minimum absolute atomic E-state index is 0.0392. The first-order valence-electron chi connectivity index (χ1n) is 5.91. The molecule has 0 saturated heterocycles. The van der Waals surface area contributed by atoms with Gasteiger partial charge in [0.25, 0.3) is 0 Å². The Hall–Kier alpha value is -1.36. The number of carbonyl (C=O) groups is 1. The first kappa shape index (κ1) is 13.1. The molecule has 0 aliphatic rings. The van der Waals surface area contributed by atoms with Crippen LogP contribution in [0, 0.1) is 12.8 Å². The van der Waals surface area contributed by atoms with Crippen molar-refractivity contribution in [3.63, 3.8) is 0 Å². The molecule has 0 aromatic carbocycles. The van der Waals surface area contributed by atoms with Gasteiger partial charge < -0.3 is 5.32 Å². The Morgan fingerprint density at radius 2 is 2.22 bits per heavy atom. The van der Waals surface area contributed by atoms with E-state index in [1.165, 1.54) is 0 Å². The predicted octanol–water partition coefficient (Wildman–Crippen LogP) is 3.39. The molecule has 0 radical (unpaired) electrons. The van der Waals surface area contributed by atoms with E-state index in [2.05, 4.69) is 26.2 Å². The predicted molar refractivity (Wildman–Crippen MR) is 75.7 cm³/mol. The summed E-state index contributed by atoms with van der Waals surface area (Å²) >= 11 is 3.48. The molecule has 1 amide bonds. The second-order valence-electron chi connectivity index (χ2n) is 4.78. The van der Waals surface area contributed by atoms with E-state index >= 15 is 0 Å². The Balaban J connectivity index is 2.24. The Morgan fingerprint density at radius 1 is 1.50 bits per heavy atom. The summed E-state index contributed by atoms with van der Waals surface area (Å²) in [5.74, 6) is 0.397. The number of amides is 1. The maximum absolute atomic E-state index is 11.7. The van der Waals surface area contributed by atoms with Crippen molar-refractivity contribution in [1.29, 1.82) is 0 Å². The number of carbonyl (C=O) groups excluding carboxylic acids is 1. The molecule has 4 nitrogen and oxygen atoms in total. The molecule has 96 valence electrons. The highest BCUT2D eigenvalue weighted by atomic mass is 79.9. The zero-order valence-corrected chi connectivity index (χ0v) is 12.3. The number of rotatable bonds is 3. The fraction of sp³-hybridized carbons (Fsp3) is 0.385. The average molecular weight is 310 g/mol. The number of imidazole rings is 1. The number of hydrogen-bond donors (Lipinski definition) is 1. The fourth-order valence-electron chi connectivity index (χ4n) is 1.79. The van der Waals surface area contributed by atoms with Gasteiger partial charge in [0, 0.05) is 12.6 Å². The van der Waals surface area contributed by atoms with Crippen molar-refractivity contribution in [2.45, 2.75) is 27.2 Å². The minimum atomic E-state index is 0.0392. The summed E-state index contributed by atoms with van der Waals surface area (Å²) in [6, 6.07) is 3.76. The van der Waals surface area contributed by atoms with Crippen molar-refractivity contribution in [1.82, 2.24) is 9.38 Å². The maximum Gasteiger partial charge on any atom is 0.224 e. The average Bonchev–Trinajstić information content (AvgIpc) is 2.54. The molecule has 2 rings (SSSR count). The lowest BCUT2D eigenvalue weighted by molar-refractivity contribution is -0.116. The molecule has 0 atom stereocenters. The standard InChI is InChI=1S/C13H16BrN3O/c1-8(2)6-12(18)16-10-4-5-11-15-9(3)13(14)17(11)7-10/h4-5,7-8H,6H2,1-3H3,(H,16,18). The van der Waals surface area contributed by atoms with Crippen molar-refractivity contribution < 1.29 is 4.79 Å². The Morgan fingerprint density at radius 3 is 2.89 bits per heavy atom. The number of halogens is 1. The van der Waals surface area contributed by atoms with Crippen molar-refractivity contribution in [2.75, 3.05) is 5.32 Å². The van der Waals surface area contributed by atoms with Gasteiger partial charge in [-0.2, -0.15) is 0 Å². The van der Waals surface area contributed by atoms with Gasteiger partial charge in [0.2, 0.25) is 5.91 Å². The lowest BCUT2D eigenvalue weighted by Gasteiger charge is -2.07. The van der Waals surface area contributed by atoms with Gasteiger partial charge in [-0.1, -0.05) is 13.8 Å². The molecule has 0 spiro atoms. The minimum Gasteiger partial charge on any atom is -0.325 e. The summed E-state index contributed by atoms with van der Waals surface area (Å²) in [6.07, 6.45) is 2.40. The molecule has 0 fully saturated rings. The van der Waals surface area contributed by atoms with Gasteiger partial charge in [0.15, 0.2) is 0 Å². The van der Waals surface area contributed by atoms with Crippen LogP contribution in [-0.2, 0) is 4.79 Å². The van der Waals surface area contributed by atoms with Gasteiger partial charge in [-0.3, -0.25) is 9.20 Å². The maximum atomic E-state index is 11.7. The third-order valence-electron chi connectivity index (χ3n) is 2.60. The SMILES string of the molecule is Cc1nc2ccc(NC(=O)CC(C)C)cn2c1Br. The molecule has 5 heteroatoms. The van der Waals surface area contributed by atoms with Crippen molar-refractivity contribution >= 4 is 33.2 Å². The smallest absolute Gasteiger partial charge is 0.224 e. The number of nitrogens with one attached hydrogen (secondary N) is 1. The molecule has 18 heavy (non-hydrogen) atoms. The summed E-state index contributed by atoms with van der Waals surface area (Å²) in [7, 11) is 0. The highest BCUT2D eigenvalue weighted by Crippen LogP contribution is 2.20. The largest absolute Gasteiger partial charge is 0.325 e. The van der Waals surface area contributed by atoms with Crippen molar-refractivity contribution in [3.05, 3.63) is 28.6 Å². The van der Waals surface area contributed by atoms with Crippen LogP contribution in [0.5, 0.6) is 0 Å². The normalized spacial score (nSPS) is 11.2. The van der Waals surface area contributed by atoms with Crippen LogP contribution in [0.4, 0.5) is 5.69 Å². The first-order valence-corrected chi connectivity index (χ1v) is 6.70. The molecule has 0 unspecified atom stereocenters. The topological polar surface area (TPSA) is 46.4 Å². The Bertz CT molecular complexity index is 589. The monoisotopic (exact) mass is 309 g/mol. The van der Waals surface area contributed by atoms with Gasteiger partial charge in [0.05, 0.1) is 11.4 Å². The Kier molecular flexibility index (Phi) is 3.71. The van der Waals surface area contributed by atoms with Crippen LogP contribution in [0.25, 0.3) is 5.65 Å². The molecular formula is C13H16BrN3O. The molecule has 0 bridgehead atoms. The van der Waals surface area contributed by atoms with Gasteiger partial charge >= 0.3 is 0 Å². The number of nitrogens with zero attached hydrogens (tertiary/aromatic N) is 2. The molecule has 1 N–H and O–H groups in total. The Labute approximate surface area is 115 Å². The highest BCUT2D eigenvalue weighted by Gasteiger charge is 2.08. The number of hydrogen-bond acceptors (Lipinski definition) is 2. The van der Waals surface area contributed by atoms with Crippen LogP contribution in [-0.4, -0.2) is 15.3 Å². The fourth-order valence-corrected chi connectivity index (χ4v) is 2.16. The third kappa shape index (κ3) is 2.72. The summed E-state index contributed by atoms with van der Waals surface area (Å²) in [5, 5.41) is 2.89. The quantitative estimate of drug-likeness (QED) is 0.944. The van der Waals surface area contributed by atoms with Gasteiger partial charge in [-0.15, -0.1) is 0 Å². The number of fused-ring (bicyclic) bond motifs is 1. The van der Waals surface area contributed by atoms with Crippen LogP contribution in [0.2, 0.25) is 0 Å². The third-order valence-corrected chi connectivity index (χ3v) is 3.55. The molecule has 0 saturated carbocycles. The van der Waals surface area contributed by atoms with E-state index in [0.717, 1.165) is 21.6 Å². The summed E-state index contributed by atoms with van der Waals surface area (Å²) in [6.45, 7) is 5.99. The van der Waals surface area contributed by atoms with E-state index in [0.29, 0.717) is 12.3 Å². The van der Waals surface area contributed by atoms with Gasteiger partial charge in [-0.25, -0.2) is 4.98 Å². The van der Waals surface area contributed by atoms with Gasteiger partial charge in [-0.05, 0) is 40.9 Å². The van der Waals surface area contributed by atoms with E-state index in [4.69, 9.17) is 0 Å². The summed E-state index contributed by atoms with van der Waals surface area (Å²) in [5.41, 5.74) is 2.58. The zero-order valence-electron chi connectivity index (χ0n) is 10.7. The molecule has 0 aliphatic carbocycles. The zero-order chi connectivity index (χ0) is 13.3. The van der Waals surface area contributed by atoms with Crippen molar-refractivity contribution in [2.24, 2.45) is 5.92 Å². The summed E-state index contributed by atoms with van der Waals surface area (Å²) in [4.78, 5) is 16.1. The van der Waals surface area contributed by atoms with E-state index in [1.807, 2.05) is 43.5 Å². The molecular weight excluding hydrogens is 294 g/mol. The molecule has 2 aromatic rings. The van der Waals surface area contributed by atoms with E-state index < -0.39 is 0 Å². The first-order chi connectivity index (χ1) is 8.47. The van der Waals surface area contributed by atoms with Gasteiger partial charge in [0.1, 0.15) is 10.3 Å². The van der Waals surface area contributed by atoms with E-state index in [-0.39, 0.29) is 5.91 Å². The number of aryl methyl sites for hydroxylation is 1. The second kappa shape index (κ2) is 5.10. The molecule has 0 aliphatic heterocycles. The number of pyridine rings is 1. The highest BCUT2D eigenvalue weighted by molar-refractivity contribution is 9.10. The van der Waals surface area contributed by atoms with Crippen LogP contribution >= 0.6 is 15.9 Å². The lowest BCUT2D eigenvalue weighted by Crippen LogP contribution is -2.14. The van der Waals surface area contributed by atoms with Crippen LogP contribution in [0.1, 0.15) is 26.0 Å². The second-order valence-corrected chi connectivity index (χ2v) is 5.53. The lowest BCUT2D eigenvalue weighted by atomic mass is 10.1. The number of anilines is 1. The van der Waals surface area contributed by atoms with Crippen LogP contribution in [0.3, 0.4) is 0 Å². The van der Waals surface area contributed by atoms with Crippen LogP contribution in [0.15, 0.2) is 22.9 Å². The molecule has 2 aromatic heterocycles. The summed E-state index contributed by atoms with van der Waals surface area (Å²) < 4.78 is 2.83.